The number of thiophene rings is 1. The number of nitrogens with one attached hydrogen (secondary N) is 1. The van der Waals surface area contributed by atoms with Gasteiger partial charge in [-0.25, -0.2) is 4.79 Å². The van der Waals surface area contributed by atoms with Gasteiger partial charge in [-0.05, 0) is 65.7 Å². The smallest absolute Gasteiger partial charge is 0.341 e. The van der Waals surface area contributed by atoms with E-state index < -0.39 is 16.8 Å². The van der Waals surface area contributed by atoms with Crippen LogP contribution in [0.15, 0.2) is 46.9 Å². The van der Waals surface area contributed by atoms with Gasteiger partial charge in [-0.15, -0.1) is 11.3 Å². The van der Waals surface area contributed by atoms with Crippen LogP contribution in [-0.4, -0.2) is 30.0 Å². The van der Waals surface area contributed by atoms with Crippen molar-refractivity contribution in [2.75, 3.05) is 18.5 Å². The van der Waals surface area contributed by atoms with Gasteiger partial charge in [-0.1, -0.05) is 11.6 Å². The van der Waals surface area contributed by atoms with E-state index in [0.717, 1.165) is 4.88 Å². The van der Waals surface area contributed by atoms with Crippen LogP contribution in [0.3, 0.4) is 0 Å². The fraction of sp³-hybridized carbons (Fsp3) is 0.182. The van der Waals surface area contributed by atoms with Crippen molar-refractivity contribution in [2.24, 2.45) is 0 Å². The van der Waals surface area contributed by atoms with Crippen molar-refractivity contribution in [3.63, 3.8) is 0 Å². The number of carbonyl (C=O) groups is 2. The van der Waals surface area contributed by atoms with Crippen molar-refractivity contribution in [3.05, 3.63) is 72.5 Å². The van der Waals surface area contributed by atoms with Gasteiger partial charge in [0.05, 0.1) is 16.0 Å². The monoisotopic (exact) mass is 552 g/mol. The molecule has 3 aromatic rings. The molecule has 2 aromatic carbocycles. The Morgan fingerprint density at radius 3 is 2.52 bits per heavy atom. The molecule has 0 spiro atoms. The summed E-state index contributed by atoms with van der Waals surface area (Å²) in [5, 5.41) is 14.5. The van der Waals surface area contributed by atoms with Gasteiger partial charge in [-0.2, -0.15) is 0 Å². The average molecular weight is 554 g/mol. The van der Waals surface area contributed by atoms with Crippen LogP contribution in [0, 0.1) is 17.0 Å². The van der Waals surface area contributed by atoms with Gasteiger partial charge in [0, 0.05) is 27.6 Å². The third-order valence-electron chi connectivity index (χ3n) is 4.44. The topological polar surface area (TPSA) is 108 Å². The predicted octanol–water partition coefficient (Wildman–Crippen LogP) is 6.24. The number of benzene rings is 2. The SMILES string of the molecule is CCOC(=O)c1c(NC(=O)COc2ccc(Cl)cc2Br)sc(C)c1-c1ccc([N+](=O)[O-])cc1. The molecular weight excluding hydrogens is 536 g/mol. The lowest BCUT2D eigenvalue weighted by molar-refractivity contribution is -0.384. The highest BCUT2D eigenvalue weighted by atomic mass is 79.9. The Hall–Kier alpha value is -2.95. The van der Waals surface area contributed by atoms with E-state index >= 15 is 0 Å². The lowest BCUT2D eigenvalue weighted by Gasteiger charge is -2.10. The van der Waals surface area contributed by atoms with Crippen molar-refractivity contribution >= 4 is 61.4 Å². The molecule has 1 aromatic heterocycles. The minimum atomic E-state index is -0.605. The molecule has 0 bridgehead atoms. The van der Waals surface area contributed by atoms with Gasteiger partial charge >= 0.3 is 5.97 Å². The van der Waals surface area contributed by atoms with Crippen molar-refractivity contribution in [2.45, 2.75) is 13.8 Å². The number of esters is 1. The van der Waals surface area contributed by atoms with E-state index in [1.165, 1.54) is 23.5 Å². The number of hydrogen-bond donors (Lipinski definition) is 1. The van der Waals surface area contributed by atoms with E-state index in [9.17, 15) is 19.7 Å². The standard InChI is InChI=1S/C22H18BrClN2O6S/c1-3-31-22(28)20-19(13-4-7-15(8-5-13)26(29)30)12(2)33-21(20)25-18(27)11-32-17-9-6-14(24)10-16(17)23/h4-10H,3,11H2,1-2H3,(H,25,27). The van der Waals surface area contributed by atoms with Crippen LogP contribution in [0.4, 0.5) is 10.7 Å². The Morgan fingerprint density at radius 2 is 1.91 bits per heavy atom. The number of carbonyl (C=O) groups excluding carboxylic acids is 2. The quantitative estimate of drug-likeness (QED) is 0.201. The molecule has 1 amide bonds. The predicted molar refractivity (Wildman–Crippen MR) is 130 cm³/mol. The van der Waals surface area contributed by atoms with E-state index in [0.29, 0.717) is 31.4 Å². The fourth-order valence-corrected chi connectivity index (χ4v) is 4.90. The molecule has 1 heterocycles. The van der Waals surface area contributed by atoms with Crippen LogP contribution < -0.4 is 10.1 Å². The first-order valence-corrected chi connectivity index (χ1v) is 11.6. The number of amides is 1. The minimum Gasteiger partial charge on any atom is -0.483 e. The number of nitrogens with zero attached hydrogens (tertiary/aromatic N) is 1. The fourth-order valence-electron chi connectivity index (χ4n) is 3.03. The van der Waals surface area contributed by atoms with Crippen LogP contribution in [0.2, 0.25) is 5.02 Å². The summed E-state index contributed by atoms with van der Waals surface area (Å²) in [7, 11) is 0. The van der Waals surface area contributed by atoms with Crippen molar-refractivity contribution in [1.82, 2.24) is 0 Å². The highest BCUT2D eigenvalue weighted by Gasteiger charge is 2.26. The van der Waals surface area contributed by atoms with Gasteiger partial charge in [0.2, 0.25) is 0 Å². The summed E-state index contributed by atoms with van der Waals surface area (Å²) in [6.45, 7) is 3.32. The summed E-state index contributed by atoms with van der Waals surface area (Å²) in [6, 6.07) is 10.7. The number of nitro groups is 1. The molecule has 0 aliphatic heterocycles. The molecule has 172 valence electrons. The van der Waals surface area contributed by atoms with Gasteiger partial charge in [0.15, 0.2) is 6.61 Å². The highest BCUT2D eigenvalue weighted by Crippen LogP contribution is 2.41. The molecule has 33 heavy (non-hydrogen) atoms. The van der Waals surface area contributed by atoms with Crippen LogP contribution in [-0.2, 0) is 9.53 Å². The molecule has 1 N–H and O–H groups in total. The first-order chi connectivity index (χ1) is 15.7. The van der Waals surface area contributed by atoms with Crippen LogP contribution in [0.1, 0.15) is 22.2 Å². The number of hydrogen-bond acceptors (Lipinski definition) is 7. The number of ether oxygens (including phenoxy) is 2. The molecule has 0 aliphatic carbocycles. The molecule has 0 radical (unpaired) electrons. The summed E-state index contributed by atoms with van der Waals surface area (Å²) in [4.78, 5) is 36.5. The molecule has 8 nitrogen and oxygen atoms in total. The number of anilines is 1. The molecular formula is C22H18BrClN2O6S. The zero-order valence-corrected chi connectivity index (χ0v) is 20.7. The third kappa shape index (κ3) is 5.89. The second-order valence-corrected chi connectivity index (χ2v) is 9.19. The molecule has 0 atom stereocenters. The minimum absolute atomic E-state index is 0.0663. The van der Waals surface area contributed by atoms with E-state index in [4.69, 9.17) is 21.1 Å². The molecule has 0 saturated heterocycles. The maximum absolute atomic E-state index is 12.8. The first-order valence-electron chi connectivity index (χ1n) is 9.64. The maximum Gasteiger partial charge on any atom is 0.341 e. The maximum atomic E-state index is 12.8. The van der Waals surface area contributed by atoms with Crippen molar-refractivity contribution in [1.29, 1.82) is 0 Å². The summed E-state index contributed by atoms with van der Waals surface area (Å²) in [5.74, 6) is -0.639. The van der Waals surface area contributed by atoms with Gasteiger partial charge in [-0.3, -0.25) is 14.9 Å². The zero-order chi connectivity index (χ0) is 24.1. The number of aryl methyl sites for hydroxylation is 1. The number of rotatable bonds is 8. The Balaban J connectivity index is 1.88. The number of nitro benzene ring substituents is 1. The van der Waals surface area contributed by atoms with E-state index in [1.807, 2.05) is 0 Å². The Labute approximate surface area is 206 Å². The summed E-state index contributed by atoms with van der Waals surface area (Å²) < 4.78 is 11.3. The molecule has 0 aliphatic rings. The third-order valence-corrected chi connectivity index (χ3v) is 6.31. The van der Waals surface area contributed by atoms with Gasteiger partial charge in [0.25, 0.3) is 11.6 Å². The Kier molecular flexibility index (Phi) is 8.06. The highest BCUT2D eigenvalue weighted by molar-refractivity contribution is 9.10. The largest absolute Gasteiger partial charge is 0.483 e. The lowest BCUT2D eigenvalue weighted by Crippen LogP contribution is -2.21. The second-order valence-electron chi connectivity index (χ2n) is 6.67. The summed E-state index contributed by atoms with van der Waals surface area (Å²) in [6.07, 6.45) is 0. The molecule has 3 rings (SSSR count). The lowest BCUT2D eigenvalue weighted by atomic mass is 10.0. The van der Waals surface area contributed by atoms with Crippen molar-refractivity contribution < 1.29 is 24.0 Å². The Morgan fingerprint density at radius 1 is 1.21 bits per heavy atom. The number of non-ortho nitro benzene ring substituents is 1. The van der Waals surface area contributed by atoms with Crippen molar-refractivity contribution in [3.8, 4) is 16.9 Å². The zero-order valence-electron chi connectivity index (χ0n) is 17.5. The molecule has 0 saturated carbocycles. The van der Waals surface area contributed by atoms with Gasteiger partial charge < -0.3 is 14.8 Å². The van der Waals surface area contributed by atoms with Crippen LogP contribution in [0.25, 0.3) is 11.1 Å². The molecule has 11 heteroatoms. The Bertz CT molecular complexity index is 1210. The van der Waals surface area contributed by atoms with E-state index in [2.05, 4.69) is 21.2 Å². The van der Waals surface area contributed by atoms with Crippen LogP contribution >= 0.6 is 38.9 Å². The van der Waals surface area contributed by atoms with Crippen LogP contribution in [0.5, 0.6) is 5.75 Å². The number of halogens is 2. The molecule has 0 fully saturated rings. The van der Waals surface area contributed by atoms with Gasteiger partial charge in [0.1, 0.15) is 16.3 Å². The van der Waals surface area contributed by atoms with E-state index in [-0.39, 0.29) is 24.5 Å². The average Bonchev–Trinajstić information content (AvgIpc) is 3.08. The summed E-state index contributed by atoms with van der Waals surface area (Å²) in [5.41, 5.74) is 1.27. The first kappa shape index (κ1) is 24.7. The molecule has 0 unspecified atom stereocenters. The second kappa shape index (κ2) is 10.8. The summed E-state index contributed by atoms with van der Waals surface area (Å²) >= 11 is 10.4. The normalized spacial score (nSPS) is 10.5. The van der Waals surface area contributed by atoms with E-state index in [1.54, 1.807) is 44.2 Å².